The van der Waals surface area contributed by atoms with Gasteiger partial charge in [-0.1, -0.05) is 11.6 Å². The van der Waals surface area contributed by atoms with Gasteiger partial charge in [-0.05, 0) is 18.7 Å². The molecule has 0 fully saturated rings. The van der Waals surface area contributed by atoms with Crippen LogP contribution in [-0.2, 0) is 7.05 Å². The van der Waals surface area contributed by atoms with E-state index in [0.29, 0.717) is 15.2 Å². The topological polar surface area (TPSA) is 82.5 Å². The third-order valence-corrected chi connectivity index (χ3v) is 3.40. The lowest BCUT2D eigenvalue weighted by Gasteiger charge is -2.02. The molecule has 8 heteroatoms. The van der Waals surface area contributed by atoms with Gasteiger partial charge in [-0.3, -0.25) is 0 Å². The first-order chi connectivity index (χ1) is 7.58. The van der Waals surface area contributed by atoms with Crippen LogP contribution in [-0.4, -0.2) is 24.7 Å². The van der Waals surface area contributed by atoms with E-state index in [1.54, 1.807) is 0 Å². The summed E-state index contributed by atoms with van der Waals surface area (Å²) in [6.07, 6.45) is 1.47. The van der Waals surface area contributed by atoms with E-state index >= 15 is 0 Å². The lowest BCUT2D eigenvalue weighted by molar-refractivity contribution is 0.764. The average Bonchev–Trinajstić information content (AvgIpc) is 2.55. The molecule has 0 saturated heterocycles. The van der Waals surface area contributed by atoms with Crippen LogP contribution in [0.4, 0.5) is 5.95 Å². The van der Waals surface area contributed by atoms with Crippen molar-refractivity contribution in [2.45, 2.75) is 17.1 Å². The summed E-state index contributed by atoms with van der Waals surface area (Å²) < 4.78 is 1.85. The van der Waals surface area contributed by atoms with Crippen molar-refractivity contribution in [1.82, 2.24) is 24.7 Å². The fourth-order valence-corrected chi connectivity index (χ4v) is 2.02. The SMILES string of the molecule is Cc1nnc(Sc2nc(N)ncc2Cl)n1C. The molecular formula is C8H9ClN6S. The zero-order chi connectivity index (χ0) is 11.7. The third-order valence-electron chi connectivity index (χ3n) is 1.97. The lowest BCUT2D eigenvalue weighted by Crippen LogP contribution is -1.97. The predicted molar refractivity (Wildman–Crippen MR) is 61.3 cm³/mol. The molecule has 0 aliphatic carbocycles. The summed E-state index contributed by atoms with van der Waals surface area (Å²) in [5, 5.41) is 9.66. The predicted octanol–water partition coefficient (Wildman–Crippen LogP) is 1.30. The Kier molecular flexibility index (Phi) is 2.97. The fraction of sp³-hybridized carbons (Fsp3) is 0.250. The summed E-state index contributed by atoms with van der Waals surface area (Å²) in [4.78, 5) is 7.82. The number of nitrogens with zero attached hydrogens (tertiary/aromatic N) is 5. The minimum Gasteiger partial charge on any atom is -0.368 e. The number of anilines is 1. The first kappa shape index (κ1) is 11.2. The van der Waals surface area contributed by atoms with E-state index in [0.717, 1.165) is 5.82 Å². The van der Waals surface area contributed by atoms with E-state index in [9.17, 15) is 0 Å². The van der Waals surface area contributed by atoms with E-state index in [-0.39, 0.29) is 5.95 Å². The molecule has 2 rings (SSSR count). The molecule has 0 bridgehead atoms. The Morgan fingerprint density at radius 3 is 2.81 bits per heavy atom. The first-order valence-electron chi connectivity index (χ1n) is 4.40. The summed E-state index contributed by atoms with van der Waals surface area (Å²) in [6, 6.07) is 0. The minimum atomic E-state index is 0.186. The second kappa shape index (κ2) is 4.26. The smallest absolute Gasteiger partial charge is 0.221 e. The number of nitrogen functional groups attached to an aromatic ring is 1. The van der Waals surface area contributed by atoms with Crippen molar-refractivity contribution in [3.63, 3.8) is 0 Å². The van der Waals surface area contributed by atoms with Crippen LogP contribution in [0.2, 0.25) is 5.02 Å². The Labute approximate surface area is 101 Å². The van der Waals surface area contributed by atoms with Gasteiger partial charge in [-0.25, -0.2) is 9.97 Å². The molecule has 0 amide bonds. The van der Waals surface area contributed by atoms with Crippen molar-refractivity contribution in [1.29, 1.82) is 0 Å². The van der Waals surface area contributed by atoms with E-state index in [4.69, 9.17) is 17.3 Å². The fourth-order valence-electron chi connectivity index (χ4n) is 0.999. The van der Waals surface area contributed by atoms with Crippen molar-refractivity contribution in [2.75, 3.05) is 5.73 Å². The number of halogens is 1. The van der Waals surface area contributed by atoms with Crippen molar-refractivity contribution in [3.05, 3.63) is 17.0 Å². The summed E-state index contributed by atoms with van der Waals surface area (Å²) >= 11 is 7.25. The van der Waals surface area contributed by atoms with Crippen molar-refractivity contribution in [3.8, 4) is 0 Å². The molecule has 0 spiro atoms. The van der Waals surface area contributed by atoms with E-state index in [1.165, 1.54) is 18.0 Å². The van der Waals surface area contributed by atoms with Gasteiger partial charge in [0.25, 0.3) is 0 Å². The second-order valence-electron chi connectivity index (χ2n) is 3.07. The molecule has 0 atom stereocenters. The highest BCUT2D eigenvalue weighted by atomic mass is 35.5. The first-order valence-corrected chi connectivity index (χ1v) is 5.59. The van der Waals surface area contributed by atoms with Crippen LogP contribution >= 0.6 is 23.4 Å². The minimum absolute atomic E-state index is 0.186. The molecular weight excluding hydrogens is 248 g/mol. The van der Waals surface area contributed by atoms with Gasteiger partial charge in [0.1, 0.15) is 10.9 Å². The molecule has 0 aromatic carbocycles. The maximum Gasteiger partial charge on any atom is 0.221 e. The molecule has 2 heterocycles. The number of rotatable bonds is 2. The largest absolute Gasteiger partial charge is 0.368 e. The highest BCUT2D eigenvalue weighted by Crippen LogP contribution is 2.30. The number of aromatic nitrogens is 5. The Bertz CT molecular complexity index is 525. The van der Waals surface area contributed by atoms with Gasteiger partial charge in [-0.2, -0.15) is 0 Å². The van der Waals surface area contributed by atoms with Gasteiger partial charge < -0.3 is 10.3 Å². The van der Waals surface area contributed by atoms with Crippen molar-refractivity contribution >= 4 is 29.3 Å². The van der Waals surface area contributed by atoms with Crippen LogP contribution in [0.15, 0.2) is 16.4 Å². The second-order valence-corrected chi connectivity index (χ2v) is 4.44. The molecule has 0 aliphatic rings. The van der Waals surface area contributed by atoms with Gasteiger partial charge in [0.05, 0.1) is 11.2 Å². The molecule has 2 N–H and O–H groups in total. The molecule has 84 valence electrons. The molecule has 0 radical (unpaired) electrons. The summed E-state index contributed by atoms with van der Waals surface area (Å²) in [7, 11) is 1.87. The Morgan fingerprint density at radius 1 is 1.44 bits per heavy atom. The van der Waals surface area contributed by atoms with Gasteiger partial charge in [-0.15, -0.1) is 10.2 Å². The number of hydrogen-bond acceptors (Lipinski definition) is 6. The monoisotopic (exact) mass is 256 g/mol. The zero-order valence-electron chi connectivity index (χ0n) is 8.68. The molecule has 16 heavy (non-hydrogen) atoms. The Balaban J connectivity index is 2.33. The Morgan fingerprint density at radius 2 is 2.19 bits per heavy atom. The van der Waals surface area contributed by atoms with Gasteiger partial charge >= 0.3 is 0 Å². The number of aryl methyl sites for hydroxylation is 1. The summed E-state index contributed by atoms with van der Waals surface area (Å²) in [6.45, 7) is 1.87. The normalized spacial score (nSPS) is 10.7. The average molecular weight is 257 g/mol. The lowest BCUT2D eigenvalue weighted by atomic mass is 10.7. The highest BCUT2D eigenvalue weighted by Gasteiger charge is 2.11. The maximum atomic E-state index is 5.95. The standard InChI is InChI=1S/C8H9ClN6S/c1-4-13-14-8(15(4)2)16-6-5(9)3-11-7(10)12-6/h3H,1-2H3,(H2,10,11,12). The molecule has 0 aliphatic heterocycles. The number of nitrogens with two attached hydrogens (primary N) is 1. The molecule has 2 aromatic heterocycles. The molecule has 0 unspecified atom stereocenters. The van der Waals surface area contributed by atoms with Gasteiger partial charge in [0.15, 0.2) is 5.16 Å². The van der Waals surface area contributed by atoms with Crippen LogP contribution < -0.4 is 5.73 Å². The van der Waals surface area contributed by atoms with Crippen LogP contribution in [0, 0.1) is 6.92 Å². The number of hydrogen-bond donors (Lipinski definition) is 1. The van der Waals surface area contributed by atoms with E-state index < -0.39 is 0 Å². The van der Waals surface area contributed by atoms with E-state index in [2.05, 4.69) is 20.2 Å². The van der Waals surface area contributed by atoms with Crippen molar-refractivity contribution < 1.29 is 0 Å². The van der Waals surface area contributed by atoms with Crippen LogP contribution in [0.25, 0.3) is 0 Å². The molecule has 2 aromatic rings. The highest BCUT2D eigenvalue weighted by molar-refractivity contribution is 7.99. The third kappa shape index (κ3) is 2.10. The van der Waals surface area contributed by atoms with Crippen LogP contribution in [0.3, 0.4) is 0 Å². The van der Waals surface area contributed by atoms with Crippen molar-refractivity contribution in [2.24, 2.45) is 7.05 Å². The van der Waals surface area contributed by atoms with Crippen LogP contribution in [0.1, 0.15) is 5.82 Å². The summed E-state index contributed by atoms with van der Waals surface area (Å²) in [5.74, 6) is 1.01. The quantitative estimate of drug-likeness (QED) is 0.816. The Hall–Kier alpha value is -1.34. The van der Waals surface area contributed by atoms with Gasteiger partial charge in [0, 0.05) is 7.05 Å². The van der Waals surface area contributed by atoms with Gasteiger partial charge in [0.2, 0.25) is 5.95 Å². The summed E-state index contributed by atoms with van der Waals surface area (Å²) in [5.41, 5.74) is 5.49. The zero-order valence-corrected chi connectivity index (χ0v) is 10.2. The molecule has 6 nitrogen and oxygen atoms in total. The van der Waals surface area contributed by atoms with Crippen LogP contribution in [0.5, 0.6) is 0 Å². The molecule has 0 saturated carbocycles. The van der Waals surface area contributed by atoms with E-state index in [1.807, 2.05) is 18.5 Å². The maximum absolute atomic E-state index is 5.95.